The first-order valence-corrected chi connectivity index (χ1v) is 13.8. The fourth-order valence-corrected chi connectivity index (χ4v) is 6.55. The van der Waals surface area contributed by atoms with Gasteiger partial charge >= 0.3 is 0 Å². The summed E-state index contributed by atoms with van der Waals surface area (Å²) in [6.45, 7) is 13.9. The minimum absolute atomic E-state index is 0.197. The van der Waals surface area contributed by atoms with Gasteiger partial charge in [-0.2, -0.15) is 0 Å². The third kappa shape index (κ3) is 5.37. The van der Waals surface area contributed by atoms with E-state index >= 15 is 0 Å². The summed E-state index contributed by atoms with van der Waals surface area (Å²) in [5.74, 6) is 0.197. The lowest BCUT2D eigenvalue weighted by Gasteiger charge is -2.35. The van der Waals surface area contributed by atoms with Crippen molar-refractivity contribution in [3.8, 4) is 0 Å². The molecule has 2 aromatic carbocycles. The summed E-state index contributed by atoms with van der Waals surface area (Å²) in [6, 6.07) is 13.3. The van der Waals surface area contributed by atoms with Crippen LogP contribution in [0.3, 0.4) is 0 Å². The number of ether oxygens (including phenoxy) is 1. The normalized spacial score (nSPS) is 20.9. The second kappa shape index (κ2) is 10.2. The smallest absolute Gasteiger partial charge is 0.264 e. The maximum atomic E-state index is 13.8. The van der Waals surface area contributed by atoms with Crippen LogP contribution in [0.5, 0.6) is 0 Å². The van der Waals surface area contributed by atoms with Crippen molar-refractivity contribution >= 4 is 21.4 Å². The highest BCUT2D eigenvalue weighted by atomic mass is 32.2. The lowest BCUT2D eigenvalue weighted by atomic mass is 10.1. The molecule has 4 rings (SSSR count). The van der Waals surface area contributed by atoms with E-state index in [1.165, 1.54) is 5.56 Å². The van der Waals surface area contributed by atoms with Crippen LogP contribution in [0.15, 0.2) is 52.4 Å². The van der Waals surface area contributed by atoms with E-state index in [-0.39, 0.29) is 18.1 Å². The molecule has 6 nitrogen and oxygen atoms in total. The van der Waals surface area contributed by atoms with Gasteiger partial charge < -0.3 is 4.74 Å². The van der Waals surface area contributed by atoms with Gasteiger partial charge in [0.05, 0.1) is 35.0 Å². The SMILES string of the molecule is CCc1ccc(N(CC(C)C)S(=O)(=O)c2ccc3c(c2)CN=C3CN2C[C@@H](C)O[C@@H](C)C2)cc1. The van der Waals surface area contributed by atoms with Crippen molar-refractivity contribution in [2.24, 2.45) is 10.9 Å². The van der Waals surface area contributed by atoms with E-state index in [0.29, 0.717) is 23.7 Å². The van der Waals surface area contributed by atoms with Gasteiger partial charge in [0.15, 0.2) is 0 Å². The van der Waals surface area contributed by atoms with Gasteiger partial charge in [0.25, 0.3) is 10.0 Å². The number of anilines is 1. The summed E-state index contributed by atoms with van der Waals surface area (Å²) in [4.78, 5) is 7.47. The molecule has 2 heterocycles. The predicted octanol–water partition coefficient (Wildman–Crippen LogP) is 4.51. The maximum absolute atomic E-state index is 13.8. The van der Waals surface area contributed by atoms with Crippen molar-refractivity contribution in [2.45, 2.75) is 64.7 Å². The number of benzene rings is 2. The summed E-state index contributed by atoms with van der Waals surface area (Å²) in [5, 5.41) is 0. The van der Waals surface area contributed by atoms with Crippen LogP contribution in [0, 0.1) is 5.92 Å². The standard InChI is InChI=1S/C27H37N3O3S/c1-6-22-7-9-24(10-8-22)30(15-19(2)3)34(31,32)25-11-12-26-23(13-25)14-28-27(26)18-29-16-20(4)33-21(5)17-29/h7-13,19-21H,6,14-18H2,1-5H3/t20-,21+. The van der Waals surface area contributed by atoms with Crippen molar-refractivity contribution in [3.05, 3.63) is 59.2 Å². The second-order valence-corrected chi connectivity index (χ2v) is 11.8. The number of aliphatic imine (C=N–C) groups is 1. The Hall–Kier alpha value is -2.22. The van der Waals surface area contributed by atoms with Crippen LogP contribution in [0.4, 0.5) is 5.69 Å². The summed E-state index contributed by atoms with van der Waals surface area (Å²) < 4.78 is 34.9. The van der Waals surface area contributed by atoms with E-state index in [0.717, 1.165) is 42.9 Å². The number of hydrogen-bond acceptors (Lipinski definition) is 5. The average Bonchev–Trinajstić information content (AvgIpc) is 3.18. The molecule has 34 heavy (non-hydrogen) atoms. The molecule has 0 unspecified atom stereocenters. The quantitative estimate of drug-likeness (QED) is 0.554. The maximum Gasteiger partial charge on any atom is 0.264 e. The summed E-state index contributed by atoms with van der Waals surface area (Å²) >= 11 is 0. The first-order chi connectivity index (χ1) is 16.2. The fourth-order valence-electron chi connectivity index (χ4n) is 4.87. The van der Waals surface area contributed by atoms with Crippen LogP contribution in [-0.4, -0.2) is 57.4 Å². The lowest BCUT2D eigenvalue weighted by molar-refractivity contribution is -0.0634. The van der Waals surface area contributed by atoms with Crippen molar-refractivity contribution in [2.75, 3.05) is 30.5 Å². The molecular formula is C27H37N3O3S. The van der Waals surface area contributed by atoms with Gasteiger partial charge in [-0.3, -0.25) is 14.2 Å². The van der Waals surface area contributed by atoms with E-state index in [9.17, 15) is 8.42 Å². The third-order valence-electron chi connectivity index (χ3n) is 6.45. The number of fused-ring (bicyclic) bond motifs is 1. The zero-order valence-electron chi connectivity index (χ0n) is 21.0. The molecule has 184 valence electrons. The molecule has 2 aliphatic rings. The number of morpholine rings is 1. The van der Waals surface area contributed by atoms with Crippen LogP contribution < -0.4 is 4.31 Å². The van der Waals surface area contributed by atoms with Crippen LogP contribution in [0.1, 0.15) is 51.3 Å². The van der Waals surface area contributed by atoms with Gasteiger partial charge in [-0.15, -0.1) is 0 Å². The Bertz CT molecular complexity index is 1130. The number of aryl methyl sites for hydroxylation is 1. The van der Waals surface area contributed by atoms with Gasteiger partial charge in [0.1, 0.15) is 0 Å². The Morgan fingerprint density at radius 2 is 1.76 bits per heavy atom. The second-order valence-electron chi connectivity index (χ2n) is 9.98. The number of sulfonamides is 1. The zero-order valence-corrected chi connectivity index (χ0v) is 21.8. The molecule has 0 aromatic heterocycles. The molecule has 1 fully saturated rings. The Kier molecular flexibility index (Phi) is 7.45. The summed E-state index contributed by atoms with van der Waals surface area (Å²) in [5.41, 5.74) is 4.98. The van der Waals surface area contributed by atoms with E-state index in [4.69, 9.17) is 9.73 Å². The highest BCUT2D eigenvalue weighted by Gasteiger charge is 2.29. The Morgan fingerprint density at radius 3 is 2.38 bits per heavy atom. The van der Waals surface area contributed by atoms with Crippen molar-refractivity contribution in [1.29, 1.82) is 0 Å². The van der Waals surface area contributed by atoms with Gasteiger partial charge in [-0.25, -0.2) is 8.42 Å². The molecule has 0 bridgehead atoms. The van der Waals surface area contributed by atoms with E-state index < -0.39 is 10.0 Å². The molecular weight excluding hydrogens is 446 g/mol. The largest absolute Gasteiger partial charge is 0.373 e. The van der Waals surface area contributed by atoms with Crippen LogP contribution in [0.25, 0.3) is 0 Å². The number of nitrogens with zero attached hydrogens (tertiary/aromatic N) is 3. The van der Waals surface area contributed by atoms with E-state index in [2.05, 4.69) is 25.7 Å². The molecule has 2 atom stereocenters. The third-order valence-corrected chi connectivity index (χ3v) is 8.24. The molecule has 0 aliphatic carbocycles. The highest BCUT2D eigenvalue weighted by molar-refractivity contribution is 7.92. The highest BCUT2D eigenvalue weighted by Crippen LogP contribution is 2.29. The Balaban J connectivity index is 1.58. The Labute approximate surface area is 204 Å². The fraction of sp³-hybridized carbons (Fsp3) is 0.519. The minimum Gasteiger partial charge on any atom is -0.373 e. The molecule has 0 spiro atoms. The molecule has 0 N–H and O–H groups in total. The number of hydrogen-bond donors (Lipinski definition) is 0. The van der Waals surface area contributed by atoms with Crippen LogP contribution >= 0.6 is 0 Å². The molecule has 0 radical (unpaired) electrons. The van der Waals surface area contributed by atoms with E-state index in [1.54, 1.807) is 10.4 Å². The minimum atomic E-state index is -3.69. The van der Waals surface area contributed by atoms with Crippen LogP contribution in [0.2, 0.25) is 0 Å². The predicted molar refractivity (Wildman–Crippen MR) is 138 cm³/mol. The van der Waals surface area contributed by atoms with Crippen molar-refractivity contribution in [1.82, 2.24) is 4.90 Å². The molecule has 2 aromatic rings. The van der Waals surface area contributed by atoms with Gasteiger partial charge in [0.2, 0.25) is 0 Å². The monoisotopic (exact) mass is 483 g/mol. The average molecular weight is 484 g/mol. The Morgan fingerprint density at radius 1 is 1.09 bits per heavy atom. The topological polar surface area (TPSA) is 62.2 Å². The zero-order chi connectivity index (χ0) is 24.5. The lowest BCUT2D eigenvalue weighted by Crippen LogP contribution is -2.47. The molecule has 0 saturated carbocycles. The molecule has 1 saturated heterocycles. The van der Waals surface area contributed by atoms with Crippen LogP contribution in [-0.2, 0) is 27.7 Å². The van der Waals surface area contributed by atoms with Gasteiger partial charge in [0, 0.05) is 31.7 Å². The molecule has 7 heteroatoms. The molecule has 2 aliphatic heterocycles. The van der Waals surface area contributed by atoms with Gasteiger partial charge in [-0.05, 0) is 61.6 Å². The van der Waals surface area contributed by atoms with E-state index in [1.807, 2.05) is 50.2 Å². The summed E-state index contributed by atoms with van der Waals surface area (Å²) in [6.07, 6.45) is 1.33. The van der Waals surface area contributed by atoms with Gasteiger partial charge in [-0.1, -0.05) is 39.0 Å². The van der Waals surface area contributed by atoms with Crippen molar-refractivity contribution < 1.29 is 13.2 Å². The first kappa shape index (κ1) is 24.9. The van der Waals surface area contributed by atoms with Crippen molar-refractivity contribution in [3.63, 3.8) is 0 Å². The summed E-state index contributed by atoms with van der Waals surface area (Å²) in [7, 11) is -3.69. The number of rotatable bonds is 8. The molecule has 0 amide bonds. The first-order valence-electron chi connectivity index (χ1n) is 12.3.